The van der Waals surface area contributed by atoms with Crippen LogP contribution in [-0.4, -0.2) is 16.7 Å². The summed E-state index contributed by atoms with van der Waals surface area (Å²) >= 11 is 0. The van der Waals surface area contributed by atoms with Crippen molar-refractivity contribution in [2.45, 2.75) is 19.9 Å². The third-order valence-electron chi connectivity index (χ3n) is 1.66. The Hall–Kier alpha value is -1.34. The predicted octanol–water partition coefficient (Wildman–Crippen LogP) is 0.721. The third-order valence-corrected chi connectivity index (χ3v) is 1.66. The molecule has 1 aromatic heterocycles. The number of aryl methyl sites for hydroxylation is 1. The Morgan fingerprint density at radius 1 is 1.75 bits per heavy atom. The quantitative estimate of drug-likeness (QED) is 0.644. The van der Waals surface area contributed by atoms with E-state index in [-0.39, 0.29) is 0 Å². The van der Waals surface area contributed by atoms with Crippen LogP contribution < -0.4 is 5.32 Å². The molecule has 0 amide bonds. The van der Waals surface area contributed by atoms with Crippen molar-refractivity contribution in [3.63, 3.8) is 0 Å². The Bertz CT molecular complexity index is 271. The summed E-state index contributed by atoms with van der Waals surface area (Å²) in [5, 5.41) is 18.2. The van der Waals surface area contributed by atoms with Gasteiger partial charge in [-0.3, -0.25) is 5.10 Å². The normalized spacial score (nSPS) is 9.67. The van der Waals surface area contributed by atoms with E-state index in [1.54, 1.807) is 6.20 Å². The monoisotopic (exact) mass is 164 g/mol. The fraction of sp³-hybridized carbons (Fsp3) is 0.500. The minimum atomic E-state index is 0.552. The first-order valence-electron chi connectivity index (χ1n) is 3.91. The van der Waals surface area contributed by atoms with Crippen LogP contribution in [0.3, 0.4) is 0 Å². The number of hydrogen-bond acceptors (Lipinski definition) is 3. The second-order valence-corrected chi connectivity index (χ2v) is 2.61. The molecular formula is C8H12N4. The fourth-order valence-electron chi connectivity index (χ4n) is 0.921. The first-order valence-corrected chi connectivity index (χ1v) is 3.91. The minimum Gasteiger partial charge on any atom is -0.312 e. The molecule has 0 radical (unpaired) electrons. The summed E-state index contributed by atoms with van der Waals surface area (Å²) in [6, 6.07) is 2.08. The summed E-state index contributed by atoms with van der Waals surface area (Å²) in [5.74, 6) is 0. The summed E-state index contributed by atoms with van der Waals surface area (Å²) in [7, 11) is 0. The molecule has 64 valence electrons. The van der Waals surface area contributed by atoms with E-state index in [1.807, 2.05) is 6.92 Å². The van der Waals surface area contributed by atoms with Gasteiger partial charge in [-0.2, -0.15) is 10.4 Å². The number of rotatable bonds is 4. The number of nitriles is 1. The second-order valence-electron chi connectivity index (χ2n) is 2.61. The molecule has 0 saturated heterocycles. The molecule has 0 aliphatic heterocycles. The SMILES string of the molecule is Cc1[nH]ncc1CNCCC#N. The molecule has 0 aliphatic carbocycles. The van der Waals surface area contributed by atoms with Crippen molar-refractivity contribution in [1.29, 1.82) is 5.26 Å². The van der Waals surface area contributed by atoms with Crippen molar-refractivity contribution >= 4 is 0 Å². The van der Waals surface area contributed by atoms with Crippen LogP contribution in [0.5, 0.6) is 0 Å². The number of aromatic nitrogens is 2. The van der Waals surface area contributed by atoms with Crippen molar-refractivity contribution < 1.29 is 0 Å². The van der Waals surface area contributed by atoms with Crippen LogP contribution in [0.1, 0.15) is 17.7 Å². The standard InChI is InChI=1S/C8H12N4/c1-7-8(6-11-12-7)5-10-4-2-3-9/h6,10H,2,4-5H2,1H3,(H,11,12). The van der Waals surface area contributed by atoms with Gasteiger partial charge in [0.05, 0.1) is 12.3 Å². The van der Waals surface area contributed by atoms with Gasteiger partial charge in [-0.1, -0.05) is 0 Å². The summed E-state index contributed by atoms with van der Waals surface area (Å²) in [4.78, 5) is 0. The van der Waals surface area contributed by atoms with E-state index in [2.05, 4.69) is 21.6 Å². The molecule has 1 rings (SSSR count). The molecule has 1 aromatic rings. The lowest BCUT2D eigenvalue weighted by Crippen LogP contribution is -2.14. The first kappa shape index (κ1) is 8.75. The molecule has 0 atom stereocenters. The van der Waals surface area contributed by atoms with Crippen LogP contribution >= 0.6 is 0 Å². The molecule has 0 aliphatic rings. The van der Waals surface area contributed by atoms with E-state index in [9.17, 15) is 0 Å². The van der Waals surface area contributed by atoms with Crippen molar-refractivity contribution in [1.82, 2.24) is 15.5 Å². The van der Waals surface area contributed by atoms with Crippen LogP contribution in [0.15, 0.2) is 6.20 Å². The van der Waals surface area contributed by atoms with E-state index in [0.717, 1.165) is 24.3 Å². The summed E-state index contributed by atoms with van der Waals surface area (Å²) in [6.45, 7) is 3.50. The first-order chi connectivity index (χ1) is 5.84. The van der Waals surface area contributed by atoms with Gasteiger partial charge in [0.2, 0.25) is 0 Å². The number of nitrogens with one attached hydrogen (secondary N) is 2. The molecule has 4 heteroatoms. The van der Waals surface area contributed by atoms with E-state index in [1.165, 1.54) is 0 Å². The zero-order valence-electron chi connectivity index (χ0n) is 7.09. The molecule has 1 heterocycles. The van der Waals surface area contributed by atoms with Crippen LogP contribution in [0, 0.1) is 18.3 Å². The largest absolute Gasteiger partial charge is 0.312 e. The average molecular weight is 164 g/mol. The Labute approximate surface area is 71.6 Å². The van der Waals surface area contributed by atoms with Gasteiger partial charge in [0.25, 0.3) is 0 Å². The molecule has 0 bridgehead atoms. The molecule has 0 saturated carbocycles. The molecule has 2 N–H and O–H groups in total. The van der Waals surface area contributed by atoms with Gasteiger partial charge in [0.1, 0.15) is 0 Å². The predicted molar refractivity (Wildman–Crippen MR) is 45.3 cm³/mol. The van der Waals surface area contributed by atoms with Gasteiger partial charge in [-0.25, -0.2) is 0 Å². The Balaban J connectivity index is 2.25. The number of nitrogens with zero attached hydrogens (tertiary/aromatic N) is 2. The van der Waals surface area contributed by atoms with Gasteiger partial charge in [0, 0.05) is 30.8 Å². The number of aromatic amines is 1. The lowest BCUT2D eigenvalue weighted by Gasteiger charge is -1.99. The van der Waals surface area contributed by atoms with Crippen LogP contribution in [0.2, 0.25) is 0 Å². The highest BCUT2D eigenvalue weighted by atomic mass is 15.1. The van der Waals surface area contributed by atoms with Crippen LogP contribution in [0.4, 0.5) is 0 Å². The van der Waals surface area contributed by atoms with Gasteiger partial charge < -0.3 is 5.32 Å². The van der Waals surface area contributed by atoms with E-state index >= 15 is 0 Å². The summed E-state index contributed by atoms with van der Waals surface area (Å²) < 4.78 is 0. The summed E-state index contributed by atoms with van der Waals surface area (Å²) in [5.41, 5.74) is 2.24. The molecule has 0 unspecified atom stereocenters. The minimum absolute atomic E-state index is 0.552. The lowest BCUT2D eigenvalue weighted by atomic mass is 10.2. The lowest BCUT2D eigenvalue weighted by molar-refractivity contribution is 0.696. The average Bonchev–Trinajstić information content (AvgIpc) is 2.46. The van der Waals surface area contributed by atoms with Gasteiger partial charge in [-0.05, 0) is 6.92 Å². The number of hydrogen-bond donors (Lipinski definition) is 2. The van der Waals surface area contributed by atoms with Gasteiger partial charge in [0.15, 0.2) is 0 Å². The maximum atomic E-state index is 8.27. The Morgan fingerprint density at radius 3 is 3.17 bits per heavy atom. The summed E-state index contributed by atoms with van der Waals surface area (Å²) in [6.07, 6.45) is 2.35. The maximum Gasteiger partial charge on any atom is 0.0635 e. The Morgan fingerprint density at radius 2 is 2.58 bits per heavy atom. The molecule has 0 spiro atoms. The molecular weight excluding hydrogens is 152 g/mol. The van der Waals surface area contributed by atoms with Crippen molar-refractivity contribution in [2.75, 3.05) is 6.54 Å². The highest BCUT2D eigenvalue weighted by molar-refractivity contribution is 5.13. The highest BCUT2D eigenvalue weighted by Gasteiger charge is 1.97. The molecule has 4 nitrogen and oxygen atoms in total. The molecule has 0 fully saturated rings. The maximum absolute atomic E-state index is 8.27. The van der Waals surface area contributed by atoms with Crippen LogP contribution in [-0.2, 0) is 6.54 Å². The zero-order valence-corrected chi connectivity index (χ0v) is 7.09. The van der Waals surface area contributed by atoms with Gasteiger partial charge in [-0.15, -0.1) is 0 Å². The van der Waals surface area contributed by atoms with Crippen LogP contribution in [0.25, 0.3) is 0 Å². The fourth-order valence-corrected chi connectivity index (χ4v) is 0.921. The second kappa shape index (κ2) is 4.52. The van der Waals surface area contributed by atoms with E-state index in [0.29, 0.717) is 6.42 Å². The topological polar surface area (TPSA) is 64.5 Å². The highest BCUT2D eigenvalue weighted by Crippen LogP contribution is 2.00. The Kier molecular flexibility index (Phi) is 3.30. The zero-order chi connectivity index (χ0) is 8.81. The van der Waals surface area contributed by atoms with E-state index < -0.39 is 0 Å². The third kappa shape index (κ3) is 2.36. The van der Waals surface area contributed by atoms with Gasteiger partial charge >= 0.3 is 0 Å². The smallest absolute Gasteiger partial charge is 0.0635 e. The van der Waals surface area contributed by atoms with Crippen molar-refractivity contribution in [2.24, 2.45) is 0 Å². The van der Waals surface area contributed by atoms with Crippen molar-refractivity contribution in [3.8, 4) is 6.07 Å². The molecule has 0 aromatic carbocycles. The van der Waals surface area contributed by atoms with Crippen molar-refractivity contribution in [3.05, 3.63) is 17.5 Å². The molecule has 12 heavy (non-hydrogen) atoms. The number of H-pyrrole nitrogens is 1. The van der Waals surface area contributed by atoms with E-state index in [4.69, 9.17) is 5.26 Å².